The summed E-state index contributed by atoms with van der Waals surface area (Å²) in [5.74, 6) is -0.767. The van der Waals surface area contributed by atoms with Crippen molar-refractivity contribution in [3.63, 3.8) is 0 Å². The molecule has 28 heavy (non-hydrogen) atoms. The van der Waals surface area contributed by atoms with Crippen LogP contribution in [0.5, 0.6) is 5.75 Å². The quantitative estimate of drug-likeness (QED) is 0.834. The van der Waals surface area contributed by atoms with Gasteiger partial charge in [-0.05, 0) is 54.4 Å². The van der Waals surface area contributed by atoms with Crippen molar-refractivity contribution in [2.45, 2.75) is 25.8 Å². The van der Waals surface area contributed by atoms with Crippen LogP contribution < -0.4 is 15.1 Å². The van der Waals surface area contributed by atoms with E-state index in [1.54, 1.807) is 30.3 Å². The fraction of sp³-hybridized carbons (Fsp3) is 0.286. The van der Waals surface area contributed by atoms with Gasteiger partial charge in [0, 0.05) is 30.7 Å². The van der Waals surface area contributed by atoms with Crippen molar-refractivity contribution in [2.75, 3.05) is 18.2 Å². The molecular formula is C21H21N3O4. The number of carbonyl (C=O) groups is 2. The van der Waals surface area contributed by atoms with Crippen molar-refractivity contribution < 1.29 is 19.4 Å². The van der Waals surface area contributed by atoms with Gasteiger partial charge in [0.2, 0.25) is 0 Å². The van der Waals surface area contributed by atoms with Gasteiger partial charge in [0.15, 0.2) is 6.04 Å². The van der Waals surface area contributed by atoms with Gasteiger partial charge in [0.05, 0.1) is 12.3 Å². The van der Waals surface area contributed by atoms with E-state index in [2.05, 4.69) is 10.4 Å². The average molecular weight is 379 g/mol. The Balaban J connectivity index is 1.50. The highest BCUT2D eigenvalue weighted by Gasteiger charge is 2.25. The Labute approximate surface area is 162 Å². The molecule has 144 valence electrons. The third kappa shape index (κ3) is 3.55. The van der Waals surface area contributed by atoms with Crippen LogP contribution in [0.1, 0.15) is 40.9 Å². The first-order chi connectivity index (χ1) is 13.5. The smallest absolute Gasteiger partial charge is 0.330 e. The molecule has 2 aliphatic heterocycles. The third-order valence-electron chi connectivity index (χ3n) is 4.97. The normalized spacial score (nSPS) is 16.2. The number of ether oxygens (including phenoxy) is 1. The number of aliphatic carboxylic acids is 1. The summed E-state index contributed by atoms with van der Waals surface area (Å²) in [6.45, 7) is 3.40. The van der Waals surface area contributed by atoms with E-state index in [9.17, 15) is 14.7 Å². The minimum Gasteiger partial charge on any atom is -0.493 e. The van der Waals surface area contributed by atoms with E-state index < -0.39 is 17.9 Å². The monoisotopic (exact) mass is 379 g/mol. The second-order valence-electron chi connectivity index (χ2n) is 6.97. The number of fused-ring (bicyclic) bond motifs is 1. The fourth-order valence-electron chi connectivity index (χ4n) is 3.43. The molecule has 2 aromatic rings. The highest BCUT2D eigenvalue weighted by atomic mass is 16.5. The molecule has 2 aliphatic rings. The van der Waals surface area contributed by atoms with Gasteiger partial charge in [-0.3, -0.25) is 9.80 Å². The zero-order valence-corrected chi connectivity index (χ0v) is 15.5. The number of benzene rings is 2. The number of carboxylic acid groups (broad SMARTS) is 1. The first-order valence-corrected chi connectivity index (χ1v) is 9.22. The maximum atomic E-state index is 12.6. The summed E-state index contributed by atoms with van der Waals surface area (Å²) in [5.41, 5.74) is 3.87. The van der Waals surface area contributed by atoms with Crippen LogP contribution in [0, 0.1) is 0 Å². The number of carboxylic acids is 1. The van der Waals surface area contributed by atoms with E-state index >= 15 is 0 Å². The maximum absolute atomic E-state index is 12.6. The van der Waals surface area contributed by atoms with E-state index in [1.165, 1.54) is 0 Å². The molecule has 0 spiro atoms. The fourth-order valence-corrected chi connectivity index (χ4v) is 3.43. The van der Waals surface area contributed by atoms with Crippen LogP contribution in [0.4, 0.5) is 5.69 Å². The number of hydrogen-bond acceptors (Lipinski definition) is 5. The Morgan fingerprint density at radius 1 is 1.18 bits per heavy atom. The van der Waals surface area contributed by atoms with Crippen molar-refractivity contribution in [3.05, 3.63) is 59.2 Å². The number of carbonyl (C=O) groups excluding carboxylic acids is 1. The van der Waals surface area contributed by atoms with Gasteiger partial charge in [-0.15, -0.1) is 0 Å². The summed E-state index contributed by atoms with van der Waals surface area (Å²) in [6, 6.07) is 11.1. The van der Waals surface area contributed by atoms with E-state index in [0.717, 1.165) is 42.1 Å². The van der Waals surface area contributed by atoms with Gasteiger partial charge in [0.25, 0.3) is 5.91 Å². The van der Waals surface area contributed by atoms with Gasteiger partial charge in [-0.2, -0.15) is 5.10 Å². The molecule has 1 amide bonds. The zero-order valence-electron chi connectivity index (χ0n) is 15.5. The van der Waals surface area contributed by atoms with Gasteiger partial charge in [-0.25, -0.2) is 4.79 Å². The van der Waals surface area contributed by atoms with Crippen molar-refractivity contribution in [2.24, 2.45) is 5.10 Å². The number of rotatable bonds is 5. The zero-order chi connectivity index (χ0) is 19.7. The lowest BCUT2D eigenvalue weighted by Crippen LogP contribution is -2.33. The molecule has 0 saturated heterocycles. The van der Waals surface area contributed by atoms with E-state index in [4.69, 9.17) is 4.74 Å². The Kier molecular flexibility index (Phi) is 4.73. The maximum Gasteiger partial charge on any atom is 0.330 e. The minimum atomic E-state index is -1.12. The first-order valence-electron chi connectivity index (χ1n) is 9.22. The molecule has 0 aliphatic carbocycles. The predicted molar refractivity (Wildman–Crippen MR) is 105 cm³/mol. The van der Waals surface area contributed by atoms with Crippen LogP contribution in [0.25, 0.3) is 0 Å². The largest absolute Gasteiger partial charge is 0.493 e. The van der Waals surface area contributed by atoms with Gasteiger partial charge < -0.3 is 15.2 Å². The Bertz CT molecular complexity index is 953. The second-order valence-corrected chi connectivity index (χ2v) is 6.97. The number of amides is 1. The van der Waals surface area contributed by atoms with Crippen molar-refractivity contribution in [1.29, 1.82) is 0 Å². The number of anilines is 1. The minimum absolute atomic E-state index is 0.402. The second kappa shape index (κ2) is 7.34. The van der Waals surface area contributed by atoms with Crippen LogP contribution in [0.15, 0.2) is 47.6 Å². The highest BCUT2D eigenvalue weighted by molar-refractivity contribution is 5.97. The summed E-state index contributed by atoms with van der Waals surface area (Å²) < 4.78 is 5.46. The highest BCUT2D eigenvalue weighted by Crippen LogP contribution is 2.28. The summed E-state index contributed by atoms with van der Waals surface area (Å²) >= 11 is 0. The lowest BCUT2D eigenvalue weighted by atomic mass is 10.0. The lowest BCUT2D eigenvalue weighted by molar-refractivity contribution is -0.139. The molecule has 2 aromatic carbocycles. The first kappa shape index (κ1) is 18.0. The van der Waals surface area contributed by atoms with Crippen molar-refractivity contribution in [1.82, 2.24) is 5.32 Å². The molecule has 4 rings (SSSR count). The summed E-state index contributed by atoms with van der Waals surface area (Å²) in [6.07, 6.45) is 1.66. The number of nitrogens with one attached hydrogen (secondary N) is 1. The molecule has 1 atom stereocenters. The third-order valence-corrected chi connectivity index (χ3v) is 4.97. The molecule has 0 bridgehead atoms. The van der Waals surface area contributed by atoms with Crippen molar-refractivity contribution >= 4 is 23.3 Å². The standard InChI is InChI=1S/C21H21N3O4/c1-13-8-10-24(23-13)17-5-2-14(3-6-17)20(25)22-19(21(26)27)16-4-7-18-15(12-16)9-11-28-18/h2-7,12,19H,8-11H2,1H3,(H,22,25)(H,26,27). The summed E-state index contributed by atoms with van der Waals surface area (Å²) in [5, 5.41) is 18.6. The molecule has 0 fully saturated rings. The molecular weight excluding hydrogens is 358 g/mol. The molecule has 0 saturated carbocycles. The topological polar surface area (TPSA) is 91.2 Å². The molecule has 1 unspecified atom stereocenters. The van der Waals surface area contributed by atoms with Gasteiger partial charge in [-0.1, -0.05) is 6.07 Å². The Morgan fingerprint density at radius 3 is 2.64 bits per heavy atom. The number of hydrogen-bond donors (Lipinski definition) is 2. The number of hydrazone groups is 1. The Hall–Kier alpha value is -3.35. The molecule has 0 radical (unpaired) electrons. The van der Waals surface area contributed by atoms with Crippen LogP contribution >= 0.6 is 0 Å². The van der Waals surface area contributed by atoms with Crippen LogP contribution in [0.3, 0.4) is 0 Å². The average Bonchev–Trinajstić information content (AvgIpc) is 3.34. The van der Waals surface area contributed by atoms with Crippen LogP contribution in [0.2, 0.25) is 0 Å². The van der Waals surface area contributed by atoms with Gasteiger partial charge in [0.1, 0.15) is 5.75 Å². The van der Waals surface area contributed by atoms with E-state index in [-0.39, 0.29) is 0 Å². The number of nitrogens with zero attached hydrogens (tertiary/aromatic N) is 2. The molecule has 2 heterocycles. The summed E-state index contributed by atoms with van der Waals surface area (Å²) in [4.78, 5) is 24.4. The predicted octanol–water partition coefficient (Wildman–Crippen LogP) is 2.76. The Morgan fingerprint density at radius 2 is 1.96 bits per heavy atom. The van der Waals surface area contributed by atoms with E-state index in [0.29, 0.717) is 17.7 Å². The molecule has 7 heteroatoms. The van der Waals surface area contributed by atoms with Crippen molar-refractivity contribution in [3.8, 4) is 5.75 Å². The molecule has 0 aromatic heterocycles. The summed E-state index contributed by atoms with van der Waals surface area (Å²) in [7, 11) is 0. The van der Waals surface area contributed by atoms with Gasteiger partial charge >= 0.3 is 5.97 Å². The molecule has 7 nitrogen and oxygen atoms in total. The van der Waals surface area contributed by atoms with Crippen LogP contribution in [-0.4, -0.2) is 35.8 Å². The lowest BCUT2D eigenvalue weighted by Gasteiger charge is -2.17. The van der Waals surface area contributed by atoms with E-state index in [1.807, 2.05) is 24.1 Å². The molecule has 2 N–H and O–H groups in total. The SMILES string of the molecule is CC1=NN(c2ccc(C(=O)NC(C(=O)O)c3ccc4c(c3)CCO4)cc2)CC1. The van der Waals surface area contributed by atoms with Crippen LogP contribution in [-0.2, 0) is 11.2 Å².